The van der Waals surface area contributed by atoms with Gasteiger partial charge in [-0.1, -0.05) is 289 Å². The Balaban J connectivity index is 3.85. The Morgan fingerprint density at radius 1 is 0.397 bits per heavy atom. The van der Waals surface area contributed by atoms with Gasteiger partial charge in [-0.15, -0.1) is 0 Å². The van der Waals surface area contributed by atoms with Crippen LogP contribution in [0.15, 0.2) is 12.2 Å². The maximum atomic E-state index is 12.8. The average molecular weight is 1030 g/mol. The van der Waals surface area contributed by atoms with Gasteiger partial charge in [-0.05, 0) is 32.1 Å². The molecule has 0 radical (unpaired) electrons. The fourth-order valence-electron chi connectivity index (χ4n) is 9.58. The molecule has 9 heteroatoms. The Hall–Kier alpha value is -1.97. The van der Waals surface area contributed by atoms with Crippen molar-refractivity contribution in [3.63, 3.8) is 0 Å². The number of hydrogen-bond donors (Lipinski definition) is 0. The number of likely N-dealkylation sites (N-methyl/N-ethyl adjacent to an activating group) is 1. The topological polar surface area (TPSA) is 111 Å². The van der Waals surface area contributed by atoms with Crippen molar-refractivity contribution >= 4 is 17.9 Å². The summed E-state index contributed by atoms with van der Waals surface area (Å²) in [4.78, 5) is 37.1. The molecule has 0 aromatic heterocycles. The van der Waals surface area contributed by atoms with E-state index < -0.39 is 24.3 Å². The molecule has 0 aliphatic carbocycles. The lowest BCUT2D eigenvalue weighted by atomic mass is 10.0. The van der Waals surface area contributed by atoms with Crippen molar-refractivity contribution < 1.29 is 42.9 Å². The van der Waals surface area contributed by atoms with Crippen molar-refractivity contribution in [1.29, 1.82) is 0 Å². The first-order chi connectivity index (χ1) is 35.6. The van der Waals surface area contributed by atoms with Crippen molar-refractivity contribution in [2.45, 2.75) is 334 Å². The van der Waals surface area contributed by atoms with Gasteiger partial charge in [0.05, 0.1) is 40.3 Å². The summed E-state index contributed by atoms with van der Waals surface area (Å²) >= 11 is 0. The van der Waals surface area contributed by atoms with Crippen LogP contribution in [0, 0.1) is 0 Å². The van der Waals surface area contributed by atoms with E-state index in [1.165, 1.54) is 231 Å². The third-order valence-electron chi connectivity index (χ3n) is 14.5. The third kappa shape index (κ3) is 57.6. The molecule has 0 heterocycles. The molecular weight excluding hydrogens is 911 g/mol. The molecular formula is C64H123NO8. The lowest BCUT2D eigenvalue weighted by Gasteiger charge is -2.26. The lowest BCUT2D eigenvalue weighted by molar-refractivity contribution is -0.870. The Bertz CT molecular complexity index is 1200. The summed E-state index contributed by atoms with van der Waals surface area (Å²) in [5, 5.41) is 11.7. The SMILES string of the molecule is CCCC/C=C\CCCCCCCC(=O)OC(COC(=O)CCCCCCCCCCCCCCCCCCCCCCCCCCCCCCCCCCCCCCC)COC(OCC[N+](C)(C)C)C(=O)[O-]. The quantitative estimate of drug-likeness (QED) is 0.0195. The molecule has 0 amide bonds. The zero-order chi connectivity index (χ0) is 53.4. The van der Waals surface area contributed by atoms with E-state index in [1.54, 1.807) is 0 Å². The van der Waals surface area contributed by atoms with Gasteiger partial charge in [-0.25, -0.2) is 0 Å². The number of nitrogens with zero attached hydrogens (tertiary/aromatic N) is 1. The first kappa shape index (κ1) is 71.0. The number of ether oxygens (including phenoxy) is 4. The van der Waals surface area contributed by atoms with Crippen LogP contribution < -0.4 is 5.11 Å². The summed E-state index contributed by atoms with van der Waals surface area (Å²) in [6, 6.07) is 0. The Labute approximate surface area is 453 Å². The van der Waals surface area contributed by atoms with Crippen molar-refractivity contribution in [3.05, 3.63) is 12.2 Å². The van der Waals surface area contributed by atoms with Crippen molar-refractivity contribution in [3.8, 4) is 0 Å². The summed E-state index contributed by atoms with van der Waals surface area (Å²) in [6.07, 6.45) is 63.3. The molecule has 0 aliphatic rings. The van der Waals surface area contributed by atoms with Gasteiger partial charge in [-0.2, -0.15) is 0 Å². The van der Waals surface area contributed by atoms with E-state index in [1.807, 2.05) is 21.1 Å². The van der Waals surface area contributed by atoms with Crippen molar-refractivity contribution in [2.24, 2.45) is 0 Å². The zero-order valence-electron chi connectivity index (χ0n) is 49.3. The molecule has 0 aromatic rings. The van der Waals surface area contributed by atoms with E-state index in [0.717, 1.165) is 57.8 Å². The first-order valence-electron chi connectivity index (χ1n) is 31.8. The van der Waals surface area contributed by atoms with Crippen LogP contribution in [0.25, 0.3) is 0 Å². The fraction of sp³-hybridized carbons (Fsp3) is 0.922. The van der Waals surface area contributed by atoms with Crippen LogP contribution in [0.2, 0.25) is 0 Å². The van der Waals surface area contributed by atoms with Gasteiger partial charge in [-0.3, -0.25) is 9.59 Å². The van der Waals surface area contributed by atoms with E-state index in [4.69, 9.17) is 18.9 Å². The molecule has 73 heavy (non-hydrogen) atoms. The van der Waals surface area contributed by atoms with E-state index >= 15 is 0 Å². The number of carboxylic acid groups (broad SMARTS) is 1. The molecule has 0 N–H and O–H groups in total. The molecule has 0 saturated heterocycles. The highest BCUT2D eigenvalue weighted by Crippen LogP contribution is 2.18. The predicted octanol–water partition coefficient (Wildman–Crippen LogP) is 17.6. The Morgan fingerprint density at radius 3 is 1.05 bits per heavy atom. The average Bonchev–Trinajstić information content (AvgIpc) is 3.36. The number of carbonyl (C=O) groups is 3. The largest absolute Gasteiger partial charge is 0.545 e. The normalized spacial score (nSPS) is 12.7. The molecule has 432 valence electrons. The number of rotatable bonds is 60. The minimum atomic E-state index is -1.62. The van der Waals surface area contributed by atoms with E-state index in [9.17, 15) is 19.5 Å². The van der Waals surface area contributed by atoms with Crippen LogP contribution in [0.1, 0.15) is 322 Å². The van der Waals surface area contributed by atoms with Gasteiger partial charge in [0.25, 0.3) is 0 Å². The number of carboxylic acids is 1. The lowest BCUT2D eigenvalue weighted by Crippen LogP contribution is -2.44. The van der Waals surface area contributed by atoms with Crippen LogP contribution in [-0.4, -0.2) is 82.3 Å². The number of unbranched alkanes of at least 4 members (excludes halogenated alkanes) is 43. The van der Waals surface area contributed by atoms with Crippen LogP contribution in [0.4, 0.5) is 0 Å². The molecule has 0 spiro atoms. The van der Waals surface area contributed by atoms with Gasteiger partial charge < -0.3 is 33.3 Å². The molecule has 0 aliphatic heterocycles. The van der Waals surface area contributed by atoms with Crippen molar-refractivity contribution in [2.75, 3.05) is 47.5 Å². The number of carbonyl (C=O) groups excluding carboxylic acids is 3. The number of quaternary nitrogens is 1. The smallest absolute Gasteiger partial charge is 0.306 e. The van der Waals surface area contributed by atoms with Crippen LogP contribution >= 0.6 is 0 Å². The number of aliphatic carboxylic acids is 1. The summed E-state index contributed by atoms with van der Waals surface area (Å²) in [5.41, 5.74) is 0. The fourth-order valence-corrected chi connectivity index (χ4v) is 9.58. The summed E-state index contributed by atoms with van der Waals surface area (Å²) in [5.74, 6) is -2.28. The summed E-state index contributed by atoms with van der Waals surface area (Å²) < 4.78 is 22.6. The molecule has 9 nitrogen and oxygen atoms in total. The van der Waals surface area contributed by atoms with Gasteiger partial charge in [0.2, 0.25) is 0 Å². The standard InChI is InChI=1S/C64H123NO8/c1-6-8-10-12-14-16-18-19-20-21-22-23-24-25-26-27-28-29-30-31-32-33-34-35-36-37-38-39-40-41-42-43-45-46-48-50-52-54-61(66)71-58-60(59-72-64(63(68)69)70-57-56-65(3,4)5)73-62(67)55-53-51-49-47-44-17-15-13-11-9-7-2/h13,15,60,64H,6-12,14,16-59H2,1-5H3/b15-13-. The third-order valence-corrected chi connectivity index (χ3v) is 14.5. The predicted molar refractivity (Wildman–Crippen MR) is 307 cm³/mol. The highest BCUT2D eigenvalue weighted by Gasteiger charge is 2.22. The molecule has 0 fully saturated rings. The molecule has 2 atom stereocenters. The summed E-state index contributed by atoms with van der Waals surface area (Å²) in [7, 11) is 5.92. The highest BCUT2D eigenvalue weighted by atomic mass is 16.7. The molecule has 0 bridgehead atoms. The van der Waals surface area contributed by atoms with E-state index in [2.05, 4.69) is 26.0 Å². The molecule has 2 unspecified atom stereocenters. The zero-order valence-corrected chi connectivity index (χ0v) is 49.3. The van der Waals surface area contributed by atoms with Crippen LogP contribution in [0.5, 0.6) is 0 Å². The van der Waals surface area contributed by atoms with Crippen molar-refractivity contribution in [1.82, 2.24) is 0 Å². The molecule has 0 saturated carbocycles. The Kier molecular flexibility index (Phi) is 54.7. The minimum Gasteiger partial charge on any atom is -0.545 e. The van der Waals surface area contributed by atoms with Gasteiger partial charge in [0.1, 0.15) is 13.2 Å². The molecule has 0 rings (SSSR count). The van der Waals surface area contributed by atoms with E-state index in [-0.39, 0.29) is 32.2 Å². The molecule has 0 aromatic carbocycles. The van der Waals surface area contributed by atoms with Gasteiger partial charge in [0.15, 0.2) is 12.4 Å². The van der Waals surface area contributed by atoms with Gasteiger partial charge >= 0.3 is 11.9 Å². The summed E-state index contributed by atoms with van der Waals surface area (Å²) in [6.45, 7) is 4.74. The maximum Gasteiger partial charge on any atom is 0.306 e. The minimum absolute atomic E-state index is 0.149. The first-order valence-corrected chi connectivity index (χ1v) is 31.8. The van der Waals surface area contributed by atoms with Crippen LogP contribution in [-0.2, 0) is 33.3 Å². The monoisotopic (exact) mass is 1030 g/mol. The second kappa shape index (κ2) is 56.2. The van der Waals surface area contributed by atoms with E-state index in [0.29, 0.717) is 23.9 Å². The van der Waals surface area contributed by atoms with Gasteiger partial charge in [0, 0.05) is 12.8 Å². The second-order valence-electron chi connectivity index (χ2n) is 23.1. The van der Waals surface area contributed by atoms with Crippen LogP contribution in [0.3, 0.4) is 0 Å². The Morgan fingerprint density at radius 2 is 0.712 bits per heavy atom. The highest BCUT2D eigenvalue weighted by molar-refractivity contribution is 5.70. The number of allylic oxidation sites excluding steroid dienone is 2. The second-order valence-corrected chi connectivity index (χ2v) is 23.1. The number of esters is 2. The number of hydrogen-bond acceptors (Lipinski definition) is 8. The maximum absolute atomic E-state index is 12.8.